The number of likely N-dealkylation sites (N-methyl/N-ethyl adjacent to an activating group) is 1. The van der Waals surface area contributed by atoms with Crippen LogP contribution >= 0.6 is 0 Å². The van der Waals surface area contributed by atoms with Gasteiger partial charge < -0.3 is 5.11 Å². The zero-order valence-electron chi connectivity index (χ0n) is 12.2. The highest BCUT2D eigenvalue weighted by Gasteiger charge is 2.27. The SMILES string of the molecule is CCN(CC)C1CCN(Cc2cccnc2C(=O)O)C1. The van der Waals surface area contributed by atoms with Crippen molar-refractivity contribution in [3.63, 3.8) is 0 Å². The van der Waals surface area contributed by atoms with E-state index in [4.69, 9.17) is 5.11 Å². The van der Waals surface area contributed by atoms with E-state index in [1.54, 1.807) is 6.07 Å². The summed E-state index contributed by atoms with van der Waals surface area (Å²) in [5.41, 5.74) is 0.985. The Morgan fingerprint density at radius 1 is 1.50 bits per heavy atom. The van der Waals surface area contributed by atoms with Crippen molar-refractivity contribution >= 4 is 5.97 Å². The molecule has 1 unspecified atom stereocenters. The van der Waals surface area contributed by atoms with Crippen molar-refractivity contribution in [2.75, 3.05) is 26.2 Å². The number of likely N-dealkylation sites (tertiary alicyclic amines) is 1. The largest absolute Gasteiger partial charge is 0.477 e. The van der Waals surface area contributed by atoms with E-state index in [9.17, 15) is 4.79 Å². The Bertz CT molecular complexity index is 460. The minimum Gasteiger partial charge on any atom is -0.477 e. The Balaban J connectivity index is 2.00. The molecular formula is C15H23N3O2. The summed E-state index contributed by atoms with van der Waals surface area (Å²) in [6.45, 7) is 9.23. The highest BCUT2D eigenvalue weighted by atomic mass is 16.4. The maximum atomic E-state index is 11.2. The van der Waals surface area contributed by atoms with E-state index in [2.05, 4.69) is 28.6 Å². The van der Waals surface area contributed by atoms with Crippen molar-refractivity contribution in [1.82, 2.24) is 14.8 Å². The Hall–Kier alpha value is -1.46. The van der Waals surface area contributed by atoms with Crippen molar-refractivity contribution in [3.8, 4) is 0 Å². The molecule has 0 bridgehead atoms. The van der Waals surface area contributed by atoms with Crippen LogP contribution in [0.1, 0.15) is 36.3 Å². The zero-order valence-corrected chi connectivity index (χ0v) is 12.2. The topological polar surface area (TPSA) is 56.7 Å². The summed E-state index contributed by atoms with van der Waals surface area (Å²) in [6.07, 6.45) is 2.69. The number of aromatic carboxylic acids is 1. The quantitative estimate of drug-likeness (QED) is 0.857. The molecule has 110 valence electrons. The van der Waals surface area contributed by atoms with Crippen molar-refractivity contribution in [1.29, 1.82) is 0 Å². The Morgan fingerprint density at radius 2 is 2.25 bits per heavy atom. The lowest BCUT2D eigenvalue weighted by Gasteiger charge is -2.26. The molecule has 2 heterocycles. The van der Waals surface area contributed by atoms with Gasteiger partial charge in [0.1, 0.15) is 0 Å². The number of nitrogens with zero attached hydrogens (tertiary/aromatic N) is 3. The minimum absolute atomic E-state index is 0.179. The molecule has 1 fully saturated rings. The van der Waals surface area contributed by atoms with Crippen molar-refractivity contribution in [2.45, 2.75) is 32.9 Å². The van der Waals surface area contributed by atoms with E-state index in [1.807, 2.05) is 6.07 Å². The lowest BCUT2D eigenvalue weighted by Crippen LogP contribution is -2.37. The fourth-order valence-corrected chi connectivity index (χ4v) is 2.99. The zero-order chi connectivity index (χ0) is 14.5. The first-order chi connectivity index (χ1) is 9.65. The van der Waals surface area contributed by atoms with Crippen molar-refractivity contribution in [2.24, 2.45) is 0 Å². The second kappa shape index (κ2) is 6.81. The van der Waals surface area contributed by atoms with E-state index < -0.39 is 5.97 Å². The molecule has 5 nitrogen and oxygen atoms in total. The summed E-state index contributed by atoms with van der Waals surface area (Å²) in [4.78, 5) is 19.9. The molecule has 2 rings (SSSR count). The number of hydrogen-bond acceptors (Lipinski definition) is 4. The first-order valence-electron chi connectivity index (χ1n) is 7.29. The molecule has 1 aliphatic heterocycles. The summed E-state index contributed by atoms with van der Waals surface area (Å²) in [6, 6.07) is 4.26. The van der Waals surface area contributed by atoms with Gasteiger partial charge in [-0.3, -0.25) is 9.80 Å². The highest BCUT2D eigenvalue weighted by Crippen LogP contribution is 2.19. The number of aromatic nitrogens is 1. The van der Waals surface area contributed by atoms with E-state index in [0.717, 1.165) is 38.2 Å². The molecule has 0 spiro atoms. The van der Waals surface area contributed by atoms with Gasteiger partial charge in [-0.25, -0.2) is 9.78 Å². The maximum Gasteiger partial charge on any atom is 0.354 e. The molecule has 0 aromatic carbocycles. The molecule has 20 heavy (non-hydrogen) atoms. The third kappa shape index (κ3) is 3.35. The van der Waals surface area contributed by atoms with E-state index >= 15 is 0 Å². The molecule has 0 amide bonds. The van der Waals surface area contributed by atoms with Gasteiger partial charge in [0, 0.05) is 31.9 Å². The predicted octanol–water partition coefficient (Wildman–Crippen LogP) is 1.70. The summed E-state index contributed by atoms with van der Waals surface area (Å²) in [5.74, 6) is -0.944. The number of carbonyl (C=O) groups is 1. The van der Waals surface area contributed by atoms with Gasteiger partial charge in [-0.1, -0.05) is 19.9 Å². The van der Waals surface area contributed by atoms with Crippen LogP contribution in [0.25, 0.3) is 0 Å². The van der Waals surface area contributed by atoms with Gasteiger partial charge >= 0.3 is 5.97 Å². The standard InChI is InChI=1S/C15H23N3O2/c1-3-18(4-2)13-7-9-17(11-13)10-12-6-5-8-16-14(12)15(19)20/h5-6,8,13H,3-4,7,9-11H2,1-2H3,(H,19,20). The van der Waals surface area contributed by atoms with Gasteiger partial charge in [-0.05, 0) is 31.1 Å². The van der Waals surface area contributed by atoms with Crippen LogP contribution in [0, 0.1) is 0 Å². The van der Waals surface area contributed by atoms with Crippen molar-refractivity contribution < 1.29 is 9.90 Å². The predicted molar refractivity (Wildman–Crippen MR) is 77.8 cm³/mol. The van der Waals surface area contributed by atoms with E-state index in [-0.39, 0.29) is 5.69 Å². The van der Waals surface area contributed by atoms with Gasteiger partial charge in [0.05, 0.1) is 0 Å². The first kappa shape index (κ1) is 14.9. The Morgan fingerprint density at radius 3 is 2.90 bits per heavy atom. The number of carboxylic acids is 1. The van der Waals surface area contributed by atoms with Crippen LogP contribution in [0.3, 0.4) is 0 Å². The van der Waals surface area contributed by atoms with Crippen LogP contribution in [0.2, 0.25) is 0 Å². The third-order valence-corrected chi connectivity index (χ3v) is 4.06. The fourth-order valence-electron chi connectivity index (χ4n) is 2.99. The van der Waals surface area contributed by atoms with Crippen LogP contribution in [0.5, 0.6) is 0 Å². The molecule has 1 saturated heterocycles. The van der Waals surface area contributed by atoms with Gasteiger partial charge in [-0.2, -0.15) is 0 Å². The second-order valence-electron chi connectivity index (χ2n) is 5.22. The average Bonchev–Trinajstić information content (AvgIpc) is 2.89. The van der Waals surface area contributed by atoms with Crippen LogP contribution in [0.15, 0.2) is 18.3 Å². The van der Waals surface area contributed by atoms with Gasteiger partial charge in [0.25, 0.3) is 0 Å². The summed E-state index contributed by atoms with van der Waals surface area (Å²) >= 11 is 0. The van der Waals surface area contributed by atoms with Gasteiger partial charge in [-0.15, -0.1) is 0 Å². The molecule has 5 heteroatoms. The monoisotopic (exact) mass is 277 g/mol. The number of hydrogen-bond donors (Lipinski definition) is 1. The molecule has 0 saturated carbocycles. The van der Waals surface area contributed by atoms with Crippen molar-refractivity contribution in [3.05, 3.63) is 29.6 Å². The molecule has 1 N–H and O–H groups in total. The molecule has 1 atom stereocenters. The smallest absolute Gasteiger partial charge is 0.354 e. The molecule has 1 aromatic rings. The second-order valence-corrected chi connectivity index (χ2v) is 5.22. The lowest BCUT2D eigenvalue weighted by molar-refractivity contribution is 0.0688. The number of carboxylic acid groups (broad SMARTS) is 1. The summed E-state index contributed by atoms with van der Waals surface area (Å²) in [5, 5.41) is 9.17. The van der Waals surface area contributed by atoms with Crippen LogP contribution in [-0.2, 0) is 6.54 Å². The number of pyridine rings is 1. The molecule has 1 aromatic heterocycles. The summed E-state index contributed by atoms with van der Waals surface area (Å²) in [7, 11) is 0. The molecule has 0 aliphatic carbocycles. The maximum absolute atomic E-state index is 11.2. The molecule has 1 aliphatic rings. The third-order valence-electron chi connectivity index (χ3n) is 4.06. The Labute approximate surface area is 120 Å². The summed E-state index contributed by atoms with van der Waals surface area (Å²) < 4.78 is 0. The fraction of sp³-hybridized carbons (Fsp3) is 0.600. The van der Waals surface area contributed by atoms with Gasteiger partial charge in [0.2, 0.25) is 0 Å². The molecule has 0 radical (unpaired) electrons. The lowest BCUT2D eigenvalue weighted by atomic mass is 10.2. The molecular weight excluding hydrogens is 254 g/mol. The first-order valence-corrected chi connectivity index (χ1v) is 7.29. The van der Waals surface area contributed by atoms with Crippen LogP contribution < -0.4 is 0 Å². The number of rotatable bonds is 6. The highest BCUT2D eigenvalue weighted by molar-refractivity contribution is 5.86. The van der Waals surface area contributed by atoms with E-state index in [0.29, 0.717) is 12.6 Å². The van der Waals surface area contributed by atoms with Crippen LogP contribution in [-0.4, -0.2) is 58.1 Å². The van der Waals surface area contributed by atoms with Crippen LogP contribution in [0.4, 0.5) is 0 Å². The average molecular weight is 277 g/mol. The van der Waals surface area contributed by atoms with Gasteiger partial charge in [0.15, 0.2) is 5.69 Å². The Kier molecular flexibility index (Phi) is 5.09. The normalized spacial score (nSPS) is 19.6. The minimum atomic E-state index is -0.944. The van der Waals surface area contributed by atoms with E-state index in [1.165, 1.54) is 6.20 Å².